The first kappa shape index (κ1) is 24.4. The minimum Gasteiger partial charge on any atom is -0.342 e. The first-order valence-corrected chi connectivity index (χ1v) is 11.0. The predicted molar refractivity (Wildman–Crippen MR) is 131 cm³/mol. The Morgan fingerprint density at radius 2 is 1.80 bits per heavy atom. The fourth-order valence-electron chi connectivity index (χ4n) is 3.63. The van der Waals surface area contributed by atoms with Crippen LogP contribution in [0.15, 0.2) is 78.5 Å². The Hall–Kier alpha value is -3.73. The summed E-state index contributed by atoms with van der Waals surface area (Å²) in [5.74, 6) is -0.812. The first-order chi connectivity index (χ1) is 16.7. The van der Waals surface area contributed by atoms with E-state index in [0.717, 1.165) is 28.6 Å². The Kier molecular flexibility index (Phi) is 6.88. The van der Waals surface area contributed by atoms with Crippen LogP contribution in [0.2, 0.25) is 10.0 Å². The Morgan fingerprint density at radius 3 is 2.51 bits per heavy atom. The number of anilines is 1. The molecular formula is C26H16Cl2F3N3O. The topological polar surface area (TPSA) is 57.8 Å². The number of nitrogens with one attached hydrogen (secondary N) is 1. The molecule has 4 nitrogen and oxygen atoms in total. The number of hydrogen-bond acceptors (Lipinski definition) is 2. The molecule has 0 aliphatic heterocycles. The maximum absolute atomic E-state index is 13.0. The summed E-state index contributed by atoms with van der Waals surface area (Å²) in [5.41, 5.74) is 1.16. The van der Waals surface area contributed by atoms with Crippen molar-refractivity contribution in [3.05, 3.63) is 105 Å². The molecule has 0 aliphatic rings. The molecule has 0 atom stereocenters. The highest BCUT2D eigenvalue weighted by atomic mass is 35.5. The van der Waals surface area contributed by atoms with E-state index in [-0.39, 0.29) is 11.3 Å². The monoisotopic (exact) mass is 513 g/mol. The van der Waals surface area contributed by atoms with Gasteiger partial charge in [0.2, 0.25) is 0 Å². The van der Waals surface area contributed by atoms with Crippen molar-refractivity contribution in [2.24, 2.45) is 0 Å². The Balaban J connectivity index is 1.66. The largest absolute Gasteiger partial charge is 0.416 e. The van der Waals surface area contributed by atoms with Gasteiger partial charge in [0, 0.05) is 34.9 Å². The van der Waals surface area contributed by atoms with Gasteiger partial charge in [-0.05, 0) is 48.0 Å². The highest BCUT2D eigenvalue weighted by Gasteiger charge is 2.30. The van der Waals surface area contributed by atoms with Gasteiger partial charge in [0.1, 0.15) is 11.6 Å². The SMILES string of the molecule is N#C/C(=C\c1cn(Cc2ccc(Cl)c(Cl)c2)c2ccccc12)C(=O)Nc1cccc(C(F)(F)F)c1. The van der Waals surface area contributed by atoms with Crippen molar-refractivity contribution in [1.82, 2.24) is 4.57 Å². The lowest BCUT2D eigenvalue weighted by molar-refractivity contribution is -0.137. The van der Waals surface area contributed by atoms with Gasteiger partial charge in [-0.1, -0.05) is 53.5 Å². The van der Waals surface area contributed by atoms with Gasteiger partial charge in [0.05, 0.1) is 15.6 Å². The van der Waals surface area contributed by atoms with Gasteiger partial charge in [-0.25, -0.2) is 0 Å². The number of carbonyl (C=O) groups excluding carboxylic acids is 1. The molecule has 1 heterocycles. The molecule has 1 amide bonds. The van der Waals surface area contributed by atoms with Gasteiger partial charge in [0.15, 0.2) is 0 Å². The molecule has 0 saturated carbocycles. The second kappa shape index (κ2) is 9.87. The number of amides is 1. The van der Waals surface area contributed by atoms with Crippen molar-refractivity contribution in [1.29, 1.82) is 5.26 Å². The standard InChI is InChI=1S/C26H16Cl2F3N3O/c27-22-9-8-16(10-23(22)28)14-34-15-18(21-6-1-2-7-24(21)34)11-17(13-32)25(35)33-20-5-3-4-19(12-20)26(29,30)31/h1-12,15H,14H2,(H,33,35)/b17-11+. The van der Waals surface area contributed by atoms with Crippen molar-refractivity contribution in [2.75, 3.05) is 5.32 Å². The van der Waals surface area contributed by atoms with Crippen LogP contribution < -0.4 is 5.32 Å². The van der Waals surface area contributed by atoms with Gasteiger partial charge >= 0.3 is 6.18 Å². The highest BCUT2D eigenvalue weighted by molar-refractivity contribution is 6.42. The van der Waals surface area contributed by atoms with Crippen molar-refractivity contribution >= 4 is 51.8 Å². The number of halogens is 5. The maximum Gasteiger partial charge on any atom is 0.416 e. The predicted octanol–water partition coefficient (Wildman–Crippen LogP) is 7.56. The minimum absolute atomic E-state index is 0.0620. The molecule has 0 radical (unpaired) electrons. The van der Waals surface area contributed by atoms with E-state index in [9.17, 15) is 23.2 Å². The summed E-state index contributed by atoms with van der Waals surface area (Å²) >= 11 is 12.1. The number of hydrogen-bond donors (Lipinski definition) is 1. The zero-order valence-corrected chi connectivity index (χ0v) is 19.4. The number of para-hydroxylation sites is 1. The summed E-state index contributed by atoms with van der Waals surface area (Å²) in [5, 5.41) is 13.6. The van der Waals surface area contributed by atoms with Crippen LogP contribution in [-0.2, 0) is 17.5 Å². The lowest BCUT2D eigenvalue weighted by atomic mass is 10.1. The average molecular weight is 514 g/mol. The molecule has 0 bridgehead atoms. The quantitative estimate of drug-likeness (QED) is 0.221. The number of aromatic nitrogens is 1. The van der Waals surface area contributed by atoms with Gasteiger partial charge in [0.25, 0.3) is 5.91 Å². The van der Waals surface area contributed by atoms with E-state index in [0.29, 0.717) is 22.2 Å². The summed E-state index contributed by atoms with van der Waals surface area (Å²) in [4.78, 5) is 12.7. The molecule has 0 unspecified atom stereocenters. The van der Waals surface area contributed by atoms with Crippen LogP contribution in [0.5, 0.6) is 0 Å². The lowest BCUT2D eigenvalue weighted by Gasteiger charge is -2.09. The highest BCUT2D eigenvalue weighted by Crippen LogP contribution is 2.31. The third kappa shape index (κ3) is 5.51. The van der Waals surface area contributed by atoms with Crippen LogP contribution in [-0.4, -0.2) is 10.5 Å². The van der Waals surface area contributed by atoms with Gasteiger partial charge < -0.3 is 9.88 Å². The van der Waals surface area contributed by atoms with E-state index in [2.05, 4.69) is 5.32 Å². The number of nitrogens with zero attached hydrogens (tertiary/aromatic N) is 2. The van der Waals surface area contributed by atoms with Crippen LogP contribution >= 0.6 is 23.2 Å². The summed E-state index contributed by atoms with van der Waals surface area (Å²) in [6.45, 7) is 0.462. The fourth-order valence-corrected chi connectivity index (χ4v) is 3.95. The van der Waals surface area contributed by atoms with E-state index in [1.807, 2.05) is 41.0 Å². The molecule has 176 valence electrons. The minimum atomic E-state index is -4.55. The van der Waals surface area contributed by atoms with E-state index >= 15 is 0 Å². The first-order valence-electron chi connectivity index (χ1n) is 10.3. The normalized spacial score (nSPS) is 11.9. The van der Waals surface area contributed by atoms with Crippen LogP contribution in [0.4, 0.5) is 18.9 Å². The number of nitriles is 1. The van der Waals surface area contributed by atoms with Gasteiger partial charge in [-0.3, -0.25) is 4.79 Å². The summed E-state index contributed by atoms with van der Waals surface area (Å²) in [7, 11) is 0. The molecule has 4 aromatic rings. The number of carbonyl (C=O) groups is 1. The van der Waals surface area contributed by atoms with E-state index in [4.69, 9.17) is 23.2 Å². The zero-order valence-electron chi connectivity index (χ0n) is 17.9. The number of benzene rings is 3. The zero-order chi connectivity index (χ0) is 25.2. The van der Waals surface area contributed by atoms with Crippen LogP contribution in [0.25, 0.3) is 17.0 Å². The van der Waals surface area contributed by atoms with Crippen molar-refractivity contribution in [2.45, 2.75) is 12.7 Å². The van der Waals surface area contributed by atoms with Gasteiger partial charge in [-0.15, -0.1) is 0 Å². The van der Waals surface area contributed by atoms with Crippen molar-refractivity contribution in [3.8, 4) is 6.07 Å². The second-order valence-electron chi connectivity index (χ2n) is 7.68. The van der Waals surface area contributed by atoms with Crippen molar-refractivity contribution < 1.29 is 18.0 Å². The Morgan fingerprint density at radius 1 is 1.03 bits per heavy atom. The van der Waals surface area contributed by atoms with E-state index < -0.39 is 17.6 Å². The molecule has 9 heteroatoms. The molecule has 1 N–H and O–H groups in total. The summed E-state index contributed by atoms with van der Waals surface area (Å²) in [6.07, 6.45) is -1.34. The molecule has 3 aromatic carbocycles. The van der Waals surface area contributed by atoms with E-state index in [1.54, 1.807) is 18.3 Å². The maximum atomic E-state index is 13.0. The lowest BCUT2D eigenvalue weighted by Crippen LogP contribution is -2.14. The Bertz CT molecular complexity index is 1500. The molecular weight excluding hydrogens is 498 g/mol. The molecule has 0 spiro atoms. The molecule has 1 aromatic heterocycles. The molecule has 4 rings (SSSR count). The number of alkyl halides is 3. The third-order valence-electron chi connectivity index (χ3n) is 5.27. The molecule has 0 aliphatic carbocycles. The fraction of sp³-hybridized carbons (Fsp3) is 0.0769. The summed E-state index contributed by atoms with van der Waals surface area (Å²) < 4.78 is 40.9. The van der Waals surface area contributed by atoms with E-state index in [1.165, 1.54) is 18.2 Å². The van der Waals surface area contributed by atoms with Crippen molar-refractivity contribution in [3.63, 3.8) is 0 Å². The smallest absolute Gasteiger partial charge is 0.342 e. The number of rotatable bonds is 5. The summed E-state index contributed by atoms with van der Waals surface area (Å²) in [6, 6.07) is 18.8. The van der Waals surface area contributed by atoms with Crippen LogP contribution in [0.1, 0.15) is 16.7 Å². The number of fused-ring (bicyclic) bond motifs is 1. The Labute approximate surface area is 208 Å². The molecule has 0 saturated heterocycles. The molecule has 35 heavy (non-hydrogen) atoms. The average Bonchev–Trinajstić information content (AvgIpc) is 3.16. The molecule has 0 fully saturated rings. The second-order valence-corrected chi connectivity index (χ2v) is 8.49. The van der Waals surface area contributed by atoms with Crippen LogP contribution in [0.3, 0.4) is 0 Å². The van der Waals surface area contributed by atoms with Gasteiger partial charge in [-0.2, -0.15) is 18.4 Å². The third-order valence-corrected chi connectivity index (χ3v) is 6.01. The van der Waals surface area contributed by atoms with Crippen LogP contribution in [0, 0.1) is 11.3 Å².